The van der Waals surface area contributed by atoms with Gasteiger partial charge in [-0.05, 0) is 23.6 Å². The lowest BCUT2D eigenvalue weighted by Crippen LogP contribution is -2.47. The molecule has 0 radical (unpaired) electrons. The van der Waals surface area contributed by atoms with Crippen molar-refractivity contribution in [2.45, 2.75) is 43.2 Å². The molecule has 1 aromatic rings. The van der Waals surface area contributed by atoms with Gasteiger partial charge >= 0.3 is 5.97 Å². The summed E-state index contributed by atoms with van der Waals surface area (Å²) in [5.74, 6) is -0.759. The molecule has 0 aromatic heterocycles. The molecule has 25 heavy (non-hydrogen) atoms. The summed E-state index contributed by atoms with van der Waals surface area (Å²) in [6.45, 7) is 4.12. The van der Waals surface area contributed by atoms with Crippen LogP contribution in [-0.4, -0.2) is 35.9 Å². The van der Waals surface area contributed by atoms with E-state index in [1.54, 1.807) is 12.1 Å². The van der Waals surface area contributed by atoms with E-state index in [1.807, 2.05) is 0 Å². The number of carbonyl (C=O) groups excluding carboxylic acids is 2. The van der Waals surface area contributed by atoms with Crippen molar-refractivity contribution < 1.29 is 18.7 Å². The molecule has 138 valence electrons. The van der Waals surface area contributed by atoms with Gasteiger partial charge in [-0.1, -0.05) is 41.9 Å². The van der Waals surface area contributed by atoms with Crippen molar-refractivity contribution in [2.24, 2.45) is 5.92 Å². The van der Waals surface area contributed by atoms with Crippen molar-refractivity contribution in [3.8, 4) is 0 Å². The Labute approximate surface area is 155 Å². The predicted molar refractivity (Wildman–Crippen MR) is 95.3 cm³/mol. The zero-order valence-electron chi connectivity index (χ0n) is 14.4. The first-order valence-corrected chi connectivity index (χ1v) is 9.02. The molecular formula is C17H23BrFN3O3. The van der Waals surface area contributed by atoms with Crippen molar-refractivity contribution in [2.75, 3.05) is 7.11 Å². The van der Waals surface area contributed by atoms with Gasteiger partial charge in [0.25, 0.3) is 0 Å². The zero-order valence-corrected chi connectivity index (χ0v) is 16.0. The highest BCUT2D eigenvalue weighted by Crippen LogP contribution is 2.24. The Kier molecular flexibility index (Phi) is 6.92. The molecule has 0 spiro atoms. The molecule has 1 fully saturated rings. The number of carbonyl (C=O) groups is 2. The van der Waals surface area contributed by atoms with E-state index < -0.39 is 18.1 Å². The monoisotopic (exact) mass is 415 g/mol. The molecule has 0 bridgehead atoms. The van der Waals surface area contributed by atoms with Crippen molar-refractivity contribution in [1.82, 2.24) is 16.2 Å². The summed E-state index contributed by atoms with van der Waals surface area (Å²) in [6, 6.07) is 4.69. The number of rotatable bonds is 6. The number of ether oxygens (including phenoxy) is 1. The molecular weight excluding hydrogens is 393 g/mol. The van der Waals surface area contributed by atoms with E-state index in [1.165, 1.54) is 19.2 Å². The Bertz CT molecular complexity index is 612. The van der Waals surface area contributed by atoms with Crippen LogP contribution in [0, 0.1) is 11.7 Å². The summed E-state index contributed by atoms with van der Waals surface area (Å²) in [4.78, 5) is 24.3. The summed E-state index contributed by atoms with van der Waals surface area (Å²) in [7, 11) is 1.29. The third kappa shape index (κ3) is 4.99. The quantitative estimate of drug-likeness (QED) is 0.487. The molecule has 4 unspecified atom stereocenters. The van der Waals surface area contributed by atoms with Gasteiger partial charge in [-0.3, -0.25) is 15.0 Å². The first-order chi connectivity index (χ1) is 11.8. The van der Waals surface area contributed by atoms with E-state index >= 15 is 0 Å². The molecule has 3 N–H and O–H groups in total. The summed E-state index contributed by atoms with van der Waals surface area (Å²) < 4.78 is 17.9. The van der Waals surface area contributed by atoms with Crippen LogP contribution in [0.2, 0.25) is 0 Å². The Hall–Kier alpha value is -1.51. The fourth-order valence-corrected chi connectivity index (χ4v) is 3.87. The lowest BCUT2D eigenvalue weighted by atomic mass is 9.98. The number of amides is 1. The van der Waals surface area contributed by atoms with Crippen LogP contribution in [0.3, 0.4) is 0 Å². The van der Waals surface area contributed by atoms with Crippen LogP contribution in [0.25, 0.3) is 0 Å². The number of halogens is 2. The van der Waals surface area contributed by atoms with Gasteiger partial charge in [0.15, 0.2) is 0 Å². The first kappa shape index (κ1) is 19.8. The molecule has 1 aliphatic rings. The molecule has 1 saturated heterocycles. The normalized spacial score (nSPS) is 24.2. The van der Waals surface area contributed by atoms with Crippen LogP contribution in [0.4, 0.5) is 4.39 Å². The topological polar surface area (TPSA) is 79.5 Å². The predicted octanol–water partition coefficient (Wildman–Crippen LogP) is 1.81. The van der Waals surface area contributed by atoms with Crippen molar-refractivity contribution in [1.29, 1.82) is 0 Å². The SMILES string of the molecule is COC(=O)CC(NC(=O)C1NNC(C(C)C)C1Br)c1ccc(F)cc1. The first-order valence-electron chi connectivity index (χ1n) is 8.11. The van der Waals surface area contributed by atoms with Crippen molar-refractivity contribution in [3.05, 3.63) is 35.6 Å². The number of methoxy groups -OCH3 is 1. The zero-order chi connectivity index (χ0) is 18.6. The molecule has 4 atom stereocenters. The number of hydrazine groups is 1. The van der Waals surface area contributed by atoms with Gasteiger partial charge in [-0.2, -0.15) is 0 Å². The number of benzene rings is 1. The van der Waals surface area contributed by atoms with Gasteiger partial charge < -0.3 is 10.1 Å². The molecule has 1 heterocycles. The van der Waals surface area contributed by atoms with Gasteiger partial charge in [-0.15, -0.1) is 0 Å². The smallest absolute Gasteiger partial charge is 0.307 e. The van der Waals surface area contributed by atoms with Crippen LogP contribution < -0.4 is 16.2 Å². The molecule has 8 heteroatoms. The van der Waals surface area contributed by atoms with E-state index in [4.69, 9.17) is 4.74 Å². The number of nitrogens with one attached hydrogen (secondary N) is 3. The van der Waals surface area contributed by atoms with Gasteiger partial charge in [-0.25, -0.2) is 9.82 Å². The Morgan fingerprint density at radius 2 is 1.92 bits per heavy atom. The van der Waals surface area contributed by atoms with Crippen LogP contribution in [0.15, 0.2) is 24.3 Å². The standard InChI is InChI=1S/C17H23BrFN3O3/c1-9(2)15-14(18)16(22-21-15)17(24)20-12(8-13(23)25-3)10-4-6-11(19)7-5-10/h4-7,9,12,14-16,21-22H,8H2,1-3H3,(H,20,24). The van der Waals surface area contributed by atoms with Crippen molar-refractivity contribution in [3.63, 3.8) is 0 Å². The Morgan fingerprint density at radius 1 is 1.28 bits per heavy atom. The van der Waals surface area contributed by atoms with Gasteiger partial charge in [0.2, 0.25) is 5.91 Å². The molecule has 0 aliphatic carbocycles. The lowest BCUT2D eigenvalue weighted by molar-refractivity contribution is -0.141. The fourth-order valence-electron chi connectivity index (χ4n) is 2.76. The summed E-state index contributed by atoms with van der Waals surface area (Å²) in [5, 5.41) is 2.86. The fraction of sp³-hybridized carbons (Fsp3) is 0.529. The molecule has 1 aromatic carbocycles. The van der Waals surface area contributed by atoms with E-state index in [2.05, 4.69) is 45.9 Å². The number of esters is 1. The van der Waals surface area contributed by atoms with Crippen LogP contribution in [0.5, 0.6) is 0 Å². The number of hydrogen-bond acceptors (Lipinski definition) is 5. The maximum Gasteiger partial charge on any atom is 0.307 e. The van der Waals surface area contributed by atoms with Crippen molar-refractivity contribution >= 4 is 27.8 Å². The van der Waals surface area contributed by atoms with E-state index in [0.29, 0.717) is 11.5 Å². The Balaban J connectivity index is 2.12. The third-order valence-electron chi connectivity index (χ3n) is 4.26. The Morgan fingerprint density at radius 3 is 2.44 bits per heavy atom. The maximum absolute atomic E-state index is 13.2. The minimum absolute atomic E-state index is 0.0332. The summed E-state index contributed by atoms with van der Waals surface area (Å²) in [5.41, 5.74) is 6.73. The molecule has 1 aliphatic heterocycles. The third-order valence-corrected chi connectivity index (χ3v) is 5.35. The second-order valence-electron chi connectivity index (χ2n) is 6.37. The highest BCUT2D eigenvalue weighted by atomic mass is 79.9. The van der Waals surface area contributed by atoms with E-state index in [9.17, 15) is 14.0 Å². The highest BCUT2D eigenvalue weighted by molar-refractivity contribution is 9.09. The minimum atomic E-state index is -0.597. The number of hydrogen-bond donors (Lipinski definition) is 3. The molecule has 2 rings (SSSR count). The minimum Gasteiger partial charge on any atom is -0.469 e. The maximum atomic E-state index is 13.2. The summed E-state index contributed by atoms with van der Waals surface area (Å²) >= 11 is 3.57. The average Bonchev–Trinajstić information content (AvgIpc) is 2.96. The van der Waals surface area contributed by atoms with Gasteiger partial charge in [0.1, 0.15) is 11.9 Å². The van der Waals surface area contributed by atoms with E-state index in [-0.39, 0.29) is 29.0 Å². The average molecular weight is 416 g/mol. The highest BCUT2D eigenvalue weighted by Gasteiger charge is 2.40. The second kappa shape index (κ2) is 8.73. The second-order valence-corrected chi connectivity index (χ2v) is 7.43. The number of alkyl halides is 1. The van der Waals surface area contributed by atoms with Gasteiger partial charge in [0.05, 0.1) is 24.4 Å². The van der Waals surface area contributed by atoms with Crippen LogP contribution >= 0.6 is 15.9 Å². The van der Waals surface area contributed by atoms with E-state index in [0.717, 1.165) is 0 Å². The van der Waals surface area contributed by atoms with Crippen LogP contribution in [-0.2, 0) is 14.3 Å². The molecule has 0 saturated carbocycles. The van der Waals surface area contributed by atoms with Crippen LogP contribution in [0.1, 0.15) is 31.9 Å². The lowest BCUT2D eigenvalue weighted by Gasteiger charge is -2.23. The molecule has 6 nitrogen and oxygen atoms in total. The molecule has 1 amide bonds. The van der Waals surface area contributed by atoms with Gasteiger partial charge in [0, 0.05) is 6.04 Å². The largest absolute Gasteiger partial charge is 0.469 e. The summed E-state index contributed by atoms with van der Waals surface area (Å²) in [6.07, 6.45) is -0.0332.